The zero-order chi connectivity index (χ0) is 5.86. The van der Waals surface area contributed by atoms with Crippen LogP contribution in [0.1, 0.15) is 6.92 Å². The second-order valence-corrected chi connectivity index (χ2v) is 1.08. The normalized spacial score (nSPS) is 11.4. The minimum absolute atomic E-state index is 0.389. The van der Waals surface area contributed by atoms with Crippen molar-refractivity contribution in [2.45, 2.75) is 6.92 Å². The predicted molar refractivity (Wildman–Crippen MR) is 26.6 cm³/mol. The third-order valence-electron chi connectivity index (χ3n) is 0.551. The lowest BCUT2D eigenvalue weighted by Crippen LogP contribution is -1.74. The van der Waals surface area contributed by atoms with Gasteiger partial charge in [-0.1, -0.05) is 6.58 Å². The number of hydrogen-bond donors (Lipinski definition) is 1. The molecule has 0 aromatic carbocycles. The van der Waals surface area contributed by atoms with E-state index in [1.165, 1.54) is 13.0 Å². The molecule has 0 bridgehead atoms. The highest BCUT2D eigenvalue weighted by molar-refractivity contribution is 5.12. The van der Waals surface area contributed by atoms with Crippen LogP contribution in [0.15, 0.2) is 24.2 Å². The molecule has 0 aromatic rings. The Kier molecular flexibility index (Phi) is 2.12. The molecule has 7 heavy (non-hydrogen) atoms. The SMILES string of the molecule is C=C(F)/C(O)=C\C. The van der Waals surface area contributed by atoms with Crippen LogP contribution >= 0.6 is 0 Å². The average Bonchev–Trinajstić information content (AvgIpc) is 1.65. The maximum atomic E-state index is 11.6. The molecule has 0 atom stereocenters. The van der Waals surface area contributed by atoms with Gasteiger partial charge in [0.05, 0.1) is 0 Å². The first-order valence-electron chi connectivity index (χ1n) is 1.88. The van der Waals surface area contributed by atoms with Gasteiger partial charge in [0.25, 0.3) is 0 Å². The second-order valence-electron chi connectivity index (χ2n) is 1.08. The van der Waals surface area contributed by atoms with Crippen LogP contribution in [-0.4, -0.2) is 5.11 Å². The van der Waals surface area contributed by atoms with Gasteiger partial charge in [-0.05, 0) is 13.0 Å². The van der Waals surface area contributed by atoms with Crippen LogP contribution < -0.4 is 0 Å². The predicted octanol–water partition coefficient (Wildman–Crippen LogP) is 1.93. The summed E-state index contributed by atoms with van der Waals surface area (Å²) in [5, 5.41) is 8.32. The van der Waals surface area contributed by atoms with Gasteiger partial charge in [-0.2, -0.15) is 0 Å². The van der Waals surface area contributed by atoms with E-state index in [9.17, 15) is 4.39 Å². The van der Waals surface area contributed by atoms with Crippen molar-refractivity contribution >= 4 is 0 Å². The van der Waals surface area contributed by atoms with Crippen molar-refractivity contribution in [1.29, 1.82) is 0 Å². The fraction of sp³-hybridized carbons (Fsp3) is 0.200. The first kappa shape index (κ1) is 6.21. The Morgan fingerprint density at radius 1 is 1.86 bits per heavy atom. The van der Waals surface area contributed by atoms with E-state index in [1.807, 2.05) is 0 Å². The van der Waals surface area contributed by atoms with E-state index in [0.29, 0.717) is 0 Å². The van der Waals surface area contributed by atoms with Gasteiger partial charge >= 0.3 is 0 Å². The van der Waals surface area contributed by atoms with Crippen LogP contribution in [0.4, 0.5) is 4.39 Å². The van der Waals surface area contributed by atoms with Crippen LogP contribution in [0.25, 0.3) is 0 Å². The monoisotopic (exact) mass is 102 g/mol. The molecule has 0 saturated heterocycles. The van der Waals surface area contributed by atoms with Crippen molar-refractivity contribution in [3.05, 3.63) is 24.2 Å². The molecule has 0 aliphatic heterocycles. The summed E-state index contributed by atoms with van der Waals surface area (Å²) in [5.74, 6) is -1.18. The number of halogens is 1. The first-order valence-corrected chi connectivity index (χ1v) is 1.88. The molecule has 0 amide bonds. The molecule has 40 valence electrons. The maximum absolute atomic E-state index is 11.6. The molecule has 0 aromatic heterocycles. The first-order chi connectivity index (χ1) is 3.18. The Balaban J connectivity index is 3.82. The lowest BCUT2D eigenvalue weighted by Gasteiger charge is -1.86. The molecule has 0 aliphatic rings. The Bertz CT molecular complexity index is 105. The van der Waals surface area contributed by atoms with E-state index in [1.54, 1.807) is 0 Å². The van der Waals surface area contributed by atoms with Gasteiger partial charge in [0, 0.05) is 0 Å². The molecule has 2 heteroatoms. The summed E-state index contributed by atoms with van der Waals surface area (Å²) in [6.45, 7) is 4.37. The van der Waals surface area contributed by atoms with Crippen LogP contribution in [0.5, 0.6) is 0 Å². The van der Waals surface area contributed by atoms with Gasteiger partial charge < -0.3 is 5.11 Å². The van der Waals surface area contributed by atoms with Crippen LogP contribution in [0, 0.1) is 0 Å². The summed E-state index contributed by atoms with van der Waals surface area (Å²) >= 11 is 0. The molecule has 0 heterocycles. The van der Waals surface area contributed by atoms with E-state index in [0.717, 1.165) is 0 Å². The zero-order valence-corrected chi connectivity index (χ0v) is 4.11. The molecule has 0 saturated carbocycles. The fourth-order valence-electron chi connectivity index (χ4n) is 0.157. The molecule has 0 aliphatic carbocycles. The van der Waals surface area contributed by atoms with E-state index in [2.05, 4.69) is 6.58 Å². The van der Waals surface area contributed by atoms with E-state index < -0.39 is 5.83 Å². The summed E-state index contributed by atoms with van der Waals surface area (Å²) in [4.78, 5) is 0. The zero-order valence-electron chi connectivity index (χ0n) is 4.11. The van der Waals surface area contributed by atoms with Crippen molar-refractivity contribution in [2.24, 2.45) is 0 Å². The molecular weight excluding hydrogens is 95.1 g/mol. The molecule has 1 nitrogen and oxygen atoms in total. The lowest BCUT2D eigenvalue weighted by molar-refractivity contribution is 0.389. The Morgan fingerprint density at radius 3 is 2.29 bits per heavy atom. The molecule has 0 unspecified atom stereocenters. The quantitative estimate of drug-likeness (QED) is 0.396. The molecule has 0 spiro atoms. The highest BCUT2D eigenvalue weighted by Gasteiger charge is 1.90. The van der Waals surface area contributed by atoms with Crippen LogP contribution in [0.2, 0.25) is 0 Å². The van der Waals surface area contributed by atoms with Gasteiger partial charge in [0.2, 0.25) is 0 Å². The number of allylic oxidation sites excluding steroid dienone is 2. The number of aliphatic hydroxyl groups is 1. The van der Waals surface area contributed by atoms with E-state index in [-0.39, 0.29) is 5.76 Å². The third kappa shape index (κ3) is 1.98. The van der Waals surface area contributed by atoms with Crippen molar-refractivity contribution in [3.63, 3.8) is 0 Å². The van der Waals surface area contributed by atoms with E-state index in [4.69, 9.17) is 5.11 Å². The largest absolute Gasteiger partial charge is 0.505 e. The highest BCUT2D eigenvalue weighted by Crippen LogP contribution is 2.01. The summed E-state index contributed by atoms with van der Waals surface area (Å²) < 4.78 is 11.6. The standard InChI is InChI=1S/C5H7FO/c1-3-5(7)4(2)6/h3,7H,2H2,1H3/b5-3+. The number of aliphatic hydroxyl groups excluding tert-OH is 1. The lowest BCUT2D eigenvalue weighted by atomic mass is 10.4. The Morgan fingerprint density at radius 2 is 2.29 bits per heavy atom. The second kappa shape index (κ2) is 2.39. The van der Waals surface area contributed by atoms with Gasteiger partial charge in [-0.25, -0.2) is 4.39 Å². The van der Waals surface area contributed by atoms with Gasteiger partial charge in [-0.15, -0.1) is 0 Å². The van der Waals surface area contributed by atoms with Crippen molar-refractivity contribution in [2.75, 3.05) is 0 Å². The number of rotatable bonds is 1. The van der Waals surface area contributed by atoms with Gasteiger partial charge in [0.1, 0.15) is 5.76 Å². The Hall–Kier alpha value is -0.790. The summed E-state index contributed by atoms with van der Waals surface area (Å²) in [7, 11) is 0. The molecular formula is C5H7FO. The summed E-state index contributed by atoms with van der Waals surface area (Å²) in [6.07, 6.45) is 1.24. The topological polar surface area (TPSA) is 20.2 Å². The van der Waals surface area contributed by atoms with E-state index >= 15 is 0 Å². The molecule has 0 radical (unpaired) electrons. The fourth-order valence-corrected chi connectivity index (χ4v) is 0.157. The summed E-state index contributed by atoms with van der Waals surface area (Å²) in [6, 6.07) is 0. The van der Waals surface area contributed by atoms with Gasteiger partial charge in [0.15, 0.2) is 5.83 Å². The van der Waals surface area contributed by atoms with Crippen LogP contribution in [-0.2, 0) is 0 Å². The van der Waals surface area contributed by atoms with Crippen molar-refractivity contribution in [1.82, 2.24) is 0 Å². The summed E-state index contributed by atoms with van der Waals surface area (Å²) in [5.41, 5.74) is 0. The number of hydrogen-bond acceptors (Lipinski definition) is 1. The molecule has 1 N–H and O–H groups in total. The van der Waals surface area contributed by atoms with Gasteiger partial charge in [-0.3, -0.25) is 0 Å². The van der Waals surface area contributed by atoms with Crippen molar-refractivity contribution in [3.8, 4) is 0 Å². The van der Waals surface area contributed by atoms with Crippen molar-refractivity contribution < 1.29 is 9.50 Å². The maximum Gasteiger partial charge on any atom is 0.157 e. The average molecular weight is 102 g/mol. The molecule has 0 fully saturated rings. The Labute approximate surface area is 41.8 Å². The highest BCUT2D eigenvalue weighted by atomic mass is 19.1. The molecule has 0 rings (SSSR count). The minimum Gasteiger partial charge on any atom is -0.505 e. The smallest absolute Gasteiger partial charge is 0.157 e. The third-order valence-corrected chi connectivity index (χ3v) is 0.551. The van der Waals surface area contributed by atoms with Crippen LogP contribution in [0.3, 0.4) is 0 Å². The minimum atomic E-state index is -0.789.